The number of hydrogen-bond acceptors (Lipinski definition) is 3. The molecule has 0 aliphatic heterocycles. The van der Waals surface area contributed by atoms with Crippen LogP contribution in [0.5, 0.6) is 5.75 Å². The number of phenols is 1. The summed E-state index contributed by atoms with van der Waals surface area (Å²) in [5, 5.41) is 12.2. The van der Waals surface area contributed by atoms with Crippen molar-refractivity contribution in [2.75, 3.05) is 5.32 Å². The summed E-state index contributed by atoms with van der Waals surface area (Å²) in [6, 6.07) is 1.74. The molecule has 0 aromatic heterocycles. The van der Waals surface area contributed by atoms with Gasteiger partial charge in [0.05, 0.1) is 11.3 Å². The third-order valence-electron chi connectivity index (χ3n) is 2.16. The third-order valence-corrected chi connectivity index (χ3v) is 2.16. The molecule has 0 saturated heterocycles. The topological polar surface area (TPSA) is 66.4 Å². The molecule has 4 heteroatoms. The summed E-state index contributed by atoms with van der Waals surface area (Å²) in [4.78, 5) is 21.6. The monoisotopic (exact) mass is 207 g/mol. The number of benzene rings is 1. The maximum atomic E-state index is 10.9. The largest absolute Gasteiger partial charge is 0.505 e. The zero-order valence-electron chi connectivity index (χ0n) is 8.92. The lowest BCUT2D eigenvalue weighted by molar-refractivity contribution is -0.114. The summed E-state index contributed by atoms with van der Waals surface area (Å²) in [6.45, 7) is 4.83. The van der Waals surface area contributed by atoms with Crippen LogP contribution in [0.1, 0.15) is 28.4 Å². The number of hydrogen-bond donors (Lipinski definition) is 2. The van der Waals surface area contributed by atoms with E-state index in [1.165, 1.54) is 6.92 Å². The van der Waals surface area contributed by atoms with Crippen molar-refractivity contribution in [2.24, 2.45) is 0 Å². The second kappa shape index (κ2) is 4.13. The highest BCUT2D eigenvalue weighted by molar-refractivity contribution is 5.95. The molecule has 0 aliphatic carbocycles. The first kappa shape index (κ1) is 11.2. The maximum absolute atomic E-state index is 10.9. The first-order valence-corrected chi connectivity index (χ1v) is 4.53. The lowest BCUT2D eigenvalue weighted by Crippen LogP contribution is -2.08. The van der Waals surface area contributed by atoms with E-state index in [0.717, 1.165) is 5.56 Å². The molecule has 1 amide bonds. The van der Waals surface area contributed by atoms with Gasteiger partial charge in [-0.25, -0.2) is 0 Å². The Hall–Kier alpha value is -1.84. The number of aryl methyl sites for hydroxylation is 2. The zero-order chi connectivity index (χ0) is 11.6. The number of aldehydes is 1. The van der Waals surface area contributed by atoms with Crippen LogP contribution in [-0.2, 0) is 4.79 Å². The zero-order valence-corrected chi connectivity index (χ0v) is 8.92. The Bertz CT molecular complexity index is 424. The SMILES string of the molecule is CC(=O)Nc1c(C)cc(C)c(C=O)c1O. The van der Waals surface area contributed by atoms with Crippen LogP contribution in [0.15, 0.2) is 6.07 Å². The van der Waals surface area contributed by atoms with Crippen molar-refractivity contribution in [2.45, 2.75) is 20.8 Å². The molecular weight excluding hydrogens is 194 g/mol. The average Bonchev–Trinajstić information content (AvgIpc) is 2.12. The Morgan fingerprint density at radius 1 is 1.40 bits per heavy atom. The van der Waals surface area contributed by atoms with Gasteiger partial charge in [-0.3, -0.25) is 9.59 Å². The number of amides is 1. The molecule has 0 bridgehead atoms. The molecule has 1 rings (SSSR count). The quantitative estimate of drug-likeness (QED) is 0.573. The predicted octanol–water partition coefficient (Wildman–Crippen LogP) is 1.78. The van der Waals surface area contributed by atoms with Crippen molar-refractivity contribution in [3.8, 4) is 5.75 Å². The van der Waals surface area contributed by atoms with Crippen molar-refractivity contribution < 1.29 is 14.7 Å². The maximum Gasteiger partial charge on any atom is 0.221 e. The lowest BCUT2D eigenvalue weighted by atomic mass is 10.0. The molecule has 15 heavy (non-hydrogen) atoms. The average molecular weight is 207 g/mol. The fourth-order valence-electron chi connectivity index (χ4n) is 1.47. The molecule has 0 fully saturated rings. The van der Waals surface area contributed by atoms with E-state index >= 15 is 0 Å². The summed E-state index contributed by atoms with van der Waals surface area (Å²) in [5.74, 6) is -0.452. The van der Waals surface area contributed by atoms with Gasteiger partial charge in [0.25, 0.3) is 0 Å². The molecule has 4 nitrogen and oxygen atoms in total. The fourth-order valence-corrected chi connectivity index (χ4v) is 1.47. The number of carbonyl (C=O) groups excluding carboxylic acids is 2. The molecule has 0 atom stereocenters. The van der Waals surface area contributed by atoms with Gasteiger partial charge in [0.2, 0.25) is 5.91 Å². The lowest BCUT2D eigenvalue weighted by Gasteiger charge is -2.12. The van der Waals surface area contributed by atoms with E-state index in [-0.39, 0.29) is 17.2 Å². The highest BCUT2D eigenvalue weighted by Gasteiger charge is 2.13. The summed E-state index contributed by atoms with van der Waals surface area (Å²) >= 11 is 0. The third kappa shape index (κ3) is 2.15. The number of aromatic hydroxyl groups is 1. The van der Waals surface area contributed by atoms with Gasteiger partial charge in [-0.1, -0.05) is 6.07 Å². The van der Waals surface area contributed by atoms with E-state index < -0.39 is 0 Å². The molecule has 0 unspecified atom stereocenters. The normalized spacial score (nSPS) is 9.80. The van der Waals surface area contributed by atoms with E-state index in [1.54, 1.807) is 19.9 Å². The number of nitrogens with one attached hydrogen (secondary N) is 1. The summed E-state index contributed by atoms with van der Waals surface area (Å²) in [5.41, 5.74) is 1.93. The van der Waals surface area contributed by atoms with Gasteiger partial charge in [0, 0.05) is 6.92 Å². The van der Waals surface area contributed by atoms with Crippen LogP contribution in [0.2, 0.25) is 0 Å². The first-order valence-electron chi connectivity index (χ1n) is 4.53. The molecule has 0 radical (unpaired) electrons. The molecule has 2 N–H and O–H groups in total. The minimum atomic E-state index is -0.283. The van der Waals surface area contributed by atoms with Gasteiger partial charge < -0.3 is 10.4 Å². The Morgan fingerprint density at radius 3 is 2.47 bits per heavy atom. The molecule has 80 valence electrons. The van der Waals surface area contributed by atoms with E-state index in [1.807, 2.05) is 0 Å². The van der Waals surface area contributed by atoms with Gasteiger partial charge in [0.1, 0.15) is 5.75 Å². The highest BCUT2D eigenvalue weighted by Crippen LogP contribution is 2.32. The molecular formula is C11H13NO3. The van der Waals surface area contributed by atoms with Crippen molar-refractivity contribution in [1.29, 1.82) is 0 Å². The smallest absolute Gasteiger partial charge is 0.221 e. The fraction of sp³-hybridized carbons (Fsp3) is 0.273. The van der Waals surface area contributed by atoms with Gasteiger partial charge in [-0.05, 0) is 25.0 Å². The molecule has 0 heterocycles. The van der Waals surface area contributed by atoms with Crippen molar-refractivity contribution >= 4 is 17.9 Å². The van der Waals surface area contributed by atoms with Crippen LogP contribution in [0.4, 0.5) is 5.69 Å². The van der Waals surface area contributed by atoms with Gasteiger partial charge in [-0.2, -0.15) is 0 Å². The van der Waals surface area contributed by atoms with Crippen molar-refractivity contribution in [3.05, 3.63) is 22.8 Å². The molecule has 1 aromatic rings. The van der Waals surface area contributed by atoms with Gasteiger partial charge in [-0.15, -0.1) is 0 Å². The molecule has 0 spiro atoms. The van der Waals surface area contributed by atoms with Crippen LogP contribution < -0.4 is 5.32 Å². The van der Waals surface area contributed by atoms with Crippen LogP contribution in [0, 0.1) is 13.8 Å². The van der Waals surface area contributed by atoms with Crippen molar-refractivity contribution in [3.63, 3.8) is 0 Å². The standard InChI is InChI=1S/C11H13NO3/c1-6-4-7(2)10(12-8(3)14)11(15)9(6)5-13/h4-5,15H,1-3H3,(H,12,14). The van der Waals surface area contributed by atoms with Crippen LogP contribution >= 0.6 is 0 Å². The molecule has 1 aromatic carbocycles. The summed E-state index contributed by atoms with van der Waals surface area (Å²) in [6.07, 6.45) is 0.579. The highest BCUT2D eigenvalue weighted by atomic mass is 16.3. The van der Waals surface area contributed by atoms with Crippen LogP contribution in [-0.4, -0.2) is 17.3 Å². The van der Waals surface area contributed by atoms with E-state index in [9.17, 15) is 14.7 Å². The molecule has 0 saturated carbocycles. The minimum absolute atomic E-state index is 0.169. The Balaban J connectivity index is 3.38. The number of rotatable bonds is 2. The summed E-state index contributed by atoms with van der Waals surface area (Å²) < 4.78 is 0. The number of carbonyl (C=O) groups is 2. The Morgan fingerprint density at radius 2 is 2.00 bits per heavy atom. The Labute approximate surface area is 87.9 Å². The van der Waals surface area contributed by atoms with Gasteiger partial charge in [0.15, 0.2) is 6.29 Å². The van der Waals surface area contributed by atoms with Crippen molar-refractivity contribution in [1.82, 2.24) is 0 Å². The predicted molar refractivity (Wildman–Crippen MR) is 57.3 cm³/mol. The van der Waals surface area contributed by atoms with Crippen LogP contribution in [0.3, 0.4) is 0 Å². The van der Waals surface area contributed by atoms with E-state index in [0.29, 0.717) is 17.5 Å². The first-order chi connectivity index (χ1) is 6.97. The summed E-state index contributed by atoms with van der Waals surface area (Å²) in [7, 11) is 0. The minimum Gasteiger partial charge on any atom is -0.505 e. The van der Waals surface area contributed by atoms with Crippen LogP contribution in [0.25, 0.3) is 0 Å². The number of anilines is 1. The number of phenolic OH excluding ortho intramolecular Hbond substituents is 1. The molecule has 0 aliphatic rings. The van der Waals surface area contributed by atoms with Gasteiger partial charge >= 0.3 is 0 Å². The second-order valence-electron chi connectivity index (χ2n) is 3.45. The second-order valence-corrected chi connectivity index (χ2v) is 3.45. The van der Waals surface area contributed by atoms with E-state index in [4.69, 9.17) is 0 Å². The Kier molecular flexibility index (Phi) is 3.09. The van der Waals surface area contributed by atoms with E-state index in [2.05, 4.69) is 5.32 Å².